The first-order valence-corrected chi connectivity index (χ1v) is 8.81. The molecule has 0 aliphatic carbocycles. The van der Waals surface area contributed by atoms with E-state index >= 15 is 0 Å². The van der Waals surface area contributed by atoms with Crippen molar-refractivity contribution in [2.24, 2.45) is 0 Å². The number of amides is 2. The van der Waals surface area contributed by atoms with Gasteiger partial charge in [-0.05, 0) is 68.5 Å². The molecule has 23 heavy (non-hydrogen) atoms. The molecule has 0 aliphatic rings. The van der Waals surface area contributed by atoms with Crippen molar-refractivity contribution in [1.29, 1.82) is 0 Å². The Morgan fingerprint density at radius 2 is 2.00 bits per heavy atom. The largest absolute Gasteiger partial charge is 0.444 e. The van der Waals surface area contributed by atoms with E-state index < -0.39 is 5.60 Å². The zero-order valence-corrected chi connectivity index (χ0v) is 16.7. The summed E-state index contributed by atoms with van der Waals surface area (Å²) in [5.41, 5.74) is 0.0306. The summed E-state index contributed by atoms with van der Waals surface area (Å²) in [6, 6.07) is 5.10. The van der Waals surface area contributed by atoms with Gasteiger partial charge in [0.15, 0.2) is 0 Å². The van der Waals surface area contributed by atoms with Crippen LogP contribution in [0.5, 0.6) is 0 Å². The van der Waals surface area contributed by atoms with Crippen LogP contribution in [0.2, 0.25) is 5.02 Å². The number of hydrogen-bond donors (Lipinski definition) is 1. The molecule has 0 aromatic heterocycles. The topological polar surface area (TPSA) is 58.6 Å². The monoisotopic (exact) mass is 452 g/mol. The van der Waals surface area contributed by atoms with Crippen molar-refractivity contribution in [2.45, 2.75) is 33.3 Å². The summed E-state index contributed by atoms with van der Waals surface area (Å²) < 4.78 is 6.11. The Kier molecular flexibility index (Phi) is 7.60. The maximum Gasteiger partial charge on any atom is 0.410 e. The molecular weight excluding hydrogens is 431 g/mol. The number of nitrogens with zero attached hydrogens (tertiary/aromatic N) is 1. The van der Waals surface area contributed by atoms with E-state index in [2.05, 4.69) is 27.9 Å². The fourth-order valence-corrected chi connectivity index (χ4v) is 2.89. The summed E-state index contributed by atoms with van der Waals surface area (Å²) in [7, 11) is 0. The molecule has 0 saturated carbocycles. The summed E-state index contributed by atoms with van der Waals surface area (Å²) in [5, 5.41) is 3.40. The van der Waals surface area contributed by atoms with Gasteiger partial charge in [0.1, 0.15) is 5.60 Å². The lowest BCUT2D eigenvalue weighted by atomic mass is 10.2. The predicted molar refractivity (Wildman–Crippen MR) is 100.0 cm³/mol. The van der Waals surface area contributed by atoms with Gasteiger partial charge in [0.05, 0.1) is 5.56 Å². The average molecular weight is 453 g/mol. The van der Waals surface area contributed by atoms with Crippen LogP contribution < -0.4 is 5.32 Å². The highest BCUT2D eigenvalue weighted by molar-refractivity contribution is 14.1. The third kappa shape index (κ3) is 6.95. The number of likely N-dealkylation sites (N-methyl/N-ethyl adjacent to an activating group) is 1. The summed E-state index contributed by atoms with van der Waals surface area (Å²) >= 11 is 7.95. The van der Waals surface area contributed by atoms with E-state index in [1.807, 2.05) is 27.7 Å². The fourth-order valence-electron chi connectivity index (χ4n) is 1.78. The molecular formula is C16H22ClIN2O3. The van der Waals surface area contributed by atoms with E-state index in [0.717, 1.165) is 3.57 Å². The van der Waals surface area contributed by atoms with Crippen LogP contribution in [0.4, 0.5) is 4.79 Å². The Morgan fingerprint density at radius 3 is 2.52 bits per heavy atom. The fraction of sp³-hybridized carbons (Fsp3) is 0.500. The maximum atomic E-state index is 12.2. The molecule has 0 aliphatic heterocycles. The van der Waals surface area contributed by atoms with Gasteiger partial charge in [-0.1, -0.05) is 11.6 Å². The lowest BCUT2D eigenvalue weighted by Crippen LogP contribution is -2.41. The van der Waals surface area contributed by atoms with E-state index in [-0.39, 0.29) is 12.0 Å². The third-order valence-electron chi connectivity index (χ3n) is 2.88. The van der Waals surface area contributed by atoms with Crippen LogP contribution in [0.25, 0.3) is 0 Å². The predicted octanol–water partition coefficient (Wildman–Crippen LogP) is 3.93. The van der Waals surface area contributed by atoms with Crippen LogP contribution in [-0.4, -0.2) is 42.1 Å². The van der Waals surface area contributed by atoms with E-state index in [4.69, 9.17) is 16.3 Å². The molecule has 1 rings (SSSR count). The van der Waals surface area contributed by atoms with Gasteiger partial charge in [-0.25, -0.2) is 4.79 Å². The first-order valence-electron chi connectivity index (χ1n) is 7.35. The number of halogens is 2. The lowest BCUT2D eigenvalue weighted by molar-refractivity contribution is 0.0261. The van der Waals surface area contributed by atoms with Gasteiger partial charge in [0.2, 0.25) is 0 Å². The smallest absolute Gasteiger partial charge is 0.410 e. The lowest BCUT2D eigenvalue weighted by Gasteiger charge is -2.26. The van der Waals surface area contributed by atoms with Crippen molar-refractivity contribution < 1.29 is 14.3 Å². The van der Waals surface area contributed by atoms with E-state index in [1.54, 1.807) is 23.1 Å². The molecule has 0 heterocycles. The molecule has 0 radical (unpaired) electrons. The molecule has 1 aromatic rings. The molecule has 5 nitrogen and oxygen atoms in total. The van der Waals surface area contributed by atoms with Gasteiger partial charge in [0, 0.05) is 28.2 Å². The minimum Gasteiger partial charge on any atom is -0.444 e. The van der Waals surface area contributed by atoms with Crippen LogP contribution >= 0.6 is 34.2 Å². The van der Waals surface area contributed by atoms with Crippen molar-refractivity contribution in [2.75, 3.05) is 19.6 Å². The zero-order valence-electron chi connectivity index (χ0n) is 13.8. The quantitative estimate of drug-likeness (QED) is 0.689. The van der Waals surface area contributed by atoms with Crippen molar-refractivity contribution >= 4 is 46.2 Å². The second kappa shape index (κ2) is 8.73. The normalized spacial score (nSPS) is 11.0. The van der Waals surface area contributed by atoms with Crippen molar-refractivity contribution in [3.63, 3.8) is 0 Å². The second-order valence-electron chi connectivity index (χ2n) is 5.94. The minimum atomic E-state index is -0.535. The summed E-state index contributed by atoms with van der Waals surface area (Å²) in [5.74, 6) is -0.189. The van der Waals surface area contributed by atoms with Gasteiger partial charge in [-0.3, -0.25) is 4.79 Å². The maximum absolute atomic E-state index is 12.2. The van der Waals surface area contributed by atoms with Crippen molar-refractivity contribution in [1.82, 2.24) is 10.2 Å². The van der Waals surface area contributed by atoms with E-state index in [1.165, 1.54) is 0 Å². The Morgan fingerprint density at radius 1 is 1.35 bits per heavy atom. The first-order chi connectivity index (χ1) is 10.6. The standard InChI is InChI=1S/C16H22ClIN2O3/c1-5-20(15(22)23-16(2,3)4)9-8-19-14(21)12-7-6-11(17)10-13(12)18/h6-7,10H,5,8-9H2,1-4H3,(H,19,21). The molecule has 0 atom stereocenters. The van der Waals surface area contributed by atoms with Crippen LogP contribution in [0.15, 0.2) is 18.2 Å². The number of benzene rings is 1. The van der Waals surface area contributed by atoms with Crippen molar-refractivity contribution in [3.05, 3.63) is 32.4 Å². The summed E-state index contributed by atoms with van der Waals surface area (Å²) in [4.78, 5) is 25.7. The van der Waals surface area contributed by atoms with E-state index in [9.17, 15) is 9.59 Å². The van der Waals surface area contributed by atoms with Crippen molar-refractivity contribution in [3.8, 4) is 0 Å². The van der Waals surface area contributed by atoms with Crippen LogP contribution in [0, 0.1) is 3.57 Å². The number of carbonyl (C=O) groups excluding carboxylic acids is 2. The molecule has 1 N–H and O–H groups in total. The van der Waals surface area contributed by atoms with Crippen LogP contribution in [0.3, 0.4) is 0 Å². The number of nitrogens with one attached hydrogen (secondary N) is 1. The van der Waals surface area contributed by atoms with Gasteiger partial charge >= 0.3 is 6.09 Å². The van der Waals surface area contributed by atoms with Gasteiger partial charge in [0.25, 0.3) is 5.91 Å². The Hall–Kier alpha value is -1.02. The highest BCUT2D eigenvalue weighted by Crippen LogP contribution is 2.17. The zero-order chi connectivity index (χ0) is 17.6. The van der Waals surface area contributed by atoms with Gasteiger partial charge < -0.3 is 15.0 Å². The Balaban J connectivity index is 2.54. The van der Waals surface area contributed by atoms with Crippen LogP contribution in [-0.2, 0) is 4.74 Å². The number of carbonyl (C=O) groups is 2. The van der Waals surface area contributed by atoms with Gasteiger partial charge in [-0.2, -0.15) is 0 Å². The summed E-state index contributed by atoms with van der Waals surface area (Å²) in [6.07, 6.45) is -0.379. The highest BCUT2D eigenvalue weighted by Gasteiger charge is 2.21. The number of ether oxygens (including phenoxy) is 1. The number of hydrogen-bond acceptors (Lipinski definition) is 3. The molecule has 128 valence electrons. The highest BCUT2D eigenvalue weighted by atomic mass is 127. The minimum absolute atomic E-state index is 0.189. The molecule has 1 aromatic carbocycles. The number of rotatable bonds is 5. The second-order valence-corrected chi connectivity index (χ2v) is 7.54. The molecule has 0 bridgehead atoms. The molecule has 7 heteroatoms. The third-order valence-corrected chi connectivity index (χ3v) is 4.00. The molecule has 0 fully saturated rings. The molecule has 0 spiro atoms. The summed E-state index contributed by atoms with van der Waals surface area (Å²) in [6.45, 7) is 8.60. The molecule has 0 saturated heterocycles. The molecule has 2 amide bonds. The average Bonchev–Trinajstić information content (AvgIpc) is 2.41. The first kappa shape index (κ1) is 20.0. The van der Waals surface area contributed by atoms with Crippen LogP contribution in [0.1, 0.15) is 38.1 Å². The van der Waals surface area contributed by atoms with E-state index in [0.29, 0.717) is 30.2 Å². The van der Waals surface area contributed by atoms with Gasteiger partial charge in [-0.15, -0.1) is 0 Å². The molecule has 0 unspecified atom stereocenters. The SMILES string of the molecule is CCN(CCNC(=O)c1ccc(Cl)cc1I)C(=O)OC(C)(C)C. The Labute approximate surface area is 155 Å². The Bertz CT molecular complexity index is 573.